The monoisotopic (exact) mass is 435 g/mol. The molecule has 0 bridgehead atoms. The molecule has 0 saturated carbocycles. The molecule has 2 aliphatic heterocycles. The summed E-state index contributed by atoms with van der Waals surface area (Å²) in [5.41, 5.74) is 0.589. The molecule has 2 saturated heterocycles. The van der Waals surface area contributed by atoms with Crippen molar-refractivity contribution in [2.45, 2.75) is 51.3 Å². The molecule has 1 aromatic rings. The predicted octanol–water partition coefficient (Wildman–Crippen LogP) is 2.94. The first-order valence-corrected chi connectivity index (χ1v) is 12.3. The van der Waals surface area contributed by atoms with Gasteiger partial charge in [-0.1, -0.05) is 20.8 Å². The van der Waals surface area contributed by atoms with Crippen LogP contribution >= 0.6 is 0 Å². The SMILES string of the molecule is CC1CCCN(S(=O)(=O)c2ccc(NC(=O)C3CCN(C(=O)C(C)C)CC3)cc2)C1. The van der Waals surface area contributed by atoms with Crippen molar-refractivity contribution in [3.63, 3.8) is 0 Å². The largest absolute Gasteiger partial charge is 0.342 e. The van der Waals surface area contributed by atoms with E-state index in [1.807, 2.05) is 18.7 Å². The van der Waals surface area contributed by atoms with Crippen LogP contribution in [-0.2, 0) is 19.6 Å². The van der Waals surface area contributed by atoms with Crippen molar-refractivity contribution >= 4 is 27.5 Å². The van der Waals surface area contributed by atoms with Crippen LogP contribution in [0, 0.1) is 17.8 Å². The highest BCUT2D eigenvalue weighted by Gasteiger charge is 2.30. The van der Waals surface area contributed by atoms with Crippen molar-refractivity contribution in [1.82, 2.24) is 9.21 Å². The zero-order chi connectivity index (χ0) is 21.9. The summed E-state index contributed by atoms with van der Waals surface area (Å²) in [5, 5.41) is 2.89. The molecule has 0 aromatic heterocycles. The highest BCUT2D eigenvalue weighted by atomic mass is 32.2. The third kappa shape index (κ3) is 5.21. The molecule has 0 spiro atoms. The number of nitrogens with one attached hydrogen (secondary N) is 1. The molecule has 1 aromatic carbocycles. The van der Waals surface area contributed by atoms with Crippen LogP contribution in [0.3, 0.4) is 0 Å². The number of rotatable bonds is 5. The van der Waals surface area contributed by atoms with Gasteiger partial charge in [-0.05, 0) is 55.9 Å². The van der Waals surface area contributed by atoms with Gasteiger partial charge in [0.25, 0.3) is 0 Å². The maximum absolute atomic E-state index is 12.9. The molecule has 1 N–H and O–H groups in total. The average Bonchev–Trinajstić information content (AvgIpc) is 2.73. The fourth-order valence-corrected chi connectivity index (χ4v) is 5.79. The third-order valence-corrected chi connectivity index (χ3v) is 7.93. The molecular formula is C22H33N3O4S. The molecule has 2 aliphatic rings. The Morgan fingerprint density at radius 3 is 2.23 bits per heavy atom. The molecule has 8 heteroatoms. The van der Waals surface area contributed by atoms with Gasteiger partial charge in [-0.3, -0.25) is 9.59 Å². The van der Waals surface area contributed by atoms with Crippen molar-refractivity contribution < 1.29 is 18.0 Å². The Hall–Kier alpha value is -1.93. The zero-order valence-corrected chi connectivity index (χ0v) is 19.0. The topological polar surface area (TPSA) is 86.8 Å². The summed E-state index contributed by atoms with van der Waals surface area (Å²) in [5.74, 6) is 0.257. The molecular weight excluding hydrogens is 402 g/mol. The Morgan fingerprint density at radius 1 is 1.03 bits per heavy atom. The summed E-state index contributed by atoms with van der Waals surface area (Å²) in [6, 6.07) is 6.42. The van der Waals surface area contributed by atoms with Crippen LogP contribution in [0.25, 0.3) is 0 Å². The second-order valence-electron chi connectivity index (χ2n) is 8.88. The highest BCUT2D eigenvalue weighted by Crippen LogP contribution is 2.25. The summed E-state index contributed by atoms with van der Waals surface area (Å²) in [4.78, 5) is 26.8. The van der Waals surface area contributed by atoms with Gasteiger partial charge in [0.05, 0.1) is 4.90 Å². The Kier molecular flexibility index (Phi) is 7.18. The van der Waals surface area contributed by atoms with Gasteiger partial charge in [-0.2, -0.15) is 4.31 Å². The van der Waals surface area contributed by atoms with Gasteiger partial charge >= 0.3 is 0 Å². The lowest BCUT2D eigenvalue weighted by molar-refractivity contribution is -0.137. The number of likely N-dealkylation sites (tertiary alicyclic amines) is 1. The lowest BCUT2D eigenvalue weighted by atomic mass is 9.95. The van der Waals surface area contributed by atoms with Crippen LogP contribution in [0.4, 0.5) is 5.69 Å². The number of hydrogen-bond acceptors (Lipinski definition) is 4. The molecule has 2 fully saturated rings. The summed E-state index contributed by atoms with van der Waals surface area (Å²) < 4.78 is 27.3. The first kappa shape index (κ1) is 22.7. The first-order chi connectivity index (χ1) is 14.2. The average molecular weight is 436 g/mol. The normalized spacial score (nSPS) is 21.6. The Bertz CT molecular complexity index is 859. The molecule has 30 heavy (non-hydrogen) atoms. The molecule has 1 atom stereocenters. The van der Waals surface area contributed by atoms with Gasteiger partial charge in [-0.15, -0.1) is 0 Å². The third-order valence-electron chi connectivity index (χ3n) is 6.05. The van der Waals surface area contributed by atoms with Crippen LogP contribution in [0.1, 0.15) is 46.5 Å². The minimum atomic E-state index is -3.50. The summed E-state index contributed by atoms with van der Waals surface area (Å²) in [6.45, 7) is 8.15. The van der Waals surface area contributed by atoms with Crippen molar-refractivity contribution in [2.75, 3.05) is 31.5 Å². The van der Waals surface area contributed by atoms with Gasteiger partial charge in [-0.25, -0.2) is 8.42 Å². The highest BCUT2D eigenvalue weighted by molar-refractivity contribution is 7.89. The van der Waals surface area contributed by atoms with Crippen LogP contribution in [0.5, 0.6) is 0 Å². The van der Waals surface area contributed by atoms with Crippen molar-refractivity contribution in [3.05, 3.63) is 24.3 Å². The van der Waals surface area contributed by atoms with E-state index in [-0.39, 0.29) is 28.5 Å². The van der Waals surface area contributed by atoms with Gasteiger partial charge in [0.1, 0.15) is 0 Å². The quantitative estimate of drug-likeness (QED) is 0.770. The Balaban J connectivity index is 1.57. The van der Waals surface area contributed by atoms with E-state index in [1.165, 1.54) is 0 Å². The Morgan fingerprint density at radius 2 is 1.67 bits per heavy atom. The minimum absolute atomic E-state index is 0.0293. The van der Waals surface area contributed by atoms with Crippen molar-refractivity contribution in [3.8, 4) is 0 Å². The molecule has 2 amide bonds. The fraction of sp³-hybridized carbons (Fsp3) is 0.636. The van der Waals surface area contributed by atoms with Gasteiger partial charge in [0.15, 0.2) is 0 Å². The lowest BCUT2D eigenvalue weighted by Crippen LogP contribution is -2.43. The first-order valence-electron chi connectivity index (χ1n) is 10.9. The summed E-state index contributed by atoms with van der Waals surface area (Å²) >= 11 is 0. The smallest absolute Gasteiger partial charge is 0.243 e. The second kappa shape index (κ2) is 9.47. The number of anilines is 1. The number of carbonyl (C=O) groups excluding carboxylic acids is 2. The van der Waals surface area contributed by atoms with Crippen LogP contribution in [0.2, 0.25) is 0 Å². The van der Waals surface area contributed by atoms with E-state index in [9.17, 15) is 18.0 Å². The van der Waals surface area contributed by atoms with E-state index in [1.54, 1.807) is 28.6 Å². The number of piperidine rings is 2. The van der Waals surface area contributed by atoms with E-state index in [0.717, 1.165) is 12.8 Å². The number of nitrogens with zero attached hydrogens (tertiary/aromatic N) is 2. The molecule has 3 rings (SSSR count). The molecule has 0 aliphatic carbocycles. The predicted molar refractivity (Wildman–Crippen MR) is 116 cm³/mol. The van der Waals surface area contributed by atoms with E-state index >= 15 is 0 Å². The van der Waals surface area contributed by atoms with Gasteiger partial charge in [0.2, 0.25) is 21.8 Å². The number of sulfonamides is 1. The molecule has 7 nitrogen and oxygen atoms in total. The standard InChI is InChI=1S/C22H33N3O4S/c1-16(2)22(27)24-13-10-18(11-14-24)21(26)23-19-6-8-20(9-7-19)30(28,29)25-12-4-5-17(3)15-25/h6-9,16-18H,4-5,10-15H2,1-3H3,(H,23,26). The summed E-state index contributed by atoms with van der Waals surface area (Å²) in [7, 11) is -3.50. The van der Waals surface area contributed by atoms with Crippen molar-refractivity contribution in [2.24, 2.45) is 17.8 Å². The number of carbonyl (C=O) groups is 2. The number of hydrogen-bond donors (Lipinski definition) is 1. The second-order valence-corrected chi connectivity index (χ2v) is 10.8. The molecule has 0 radical (unpaired) electrons. The van der Waals surface area contributed by atoms with E-state index in [0.29, 0.717) is 50.6 Å². The maximum Gasteiger partial charge on any atom is 0.243 e. The molecule has 166 valence electrons. The van der Waals surface area contributed by atoms with Gasteiger partial charge in [0, 0.05) is 43.7 Å². The van der Waals surface area contributed by atoms with E-state index < -0.39 is 10.0 Å². The fourth-order valence-electron chi connectivity index (χ4n) is 4.20. The van der Waals surface area contributed by atoms with Crippen LogP contribution in [-0.4, -0.2) is 55.6 Å². The van der Waals surface area contributed by atoms with E-state index in [2.05, 4.69) is 12.2 Å². The van der Waals surface area contributed by atoms with Gasteiger partial charge < -0.3 is 10.2 Å². The van der Waals surface area contributed by atoms with Crippen LogP contribution < -0.4 is 5.32 Å². The molecule has 2 heterocycles. The van der Waals surface area contributed by atoms with Crippen molar-refractivity contribution in [1.29, 1.82) is 0 Å². The van der Waals surface area contributed by atoms with E-state index in [4.69, 9.17) is 0 Å². The van der Waals surface area contributed by atoms with Crippen LogP contribution in [0.15, 0.2) is 29.2 Å². The number of benzene rings is 1. The Labute approximate surface area is 179 Å². The lowest BCUT2D eigenvalue weighted by Gasteiger charge is -2.32. The molecule has 1 unspecified atom stereocenters. The minimum Gasteiger partial charge on any atom is -0.342 e. The zero-order valence-electron chi connectivity index (χ0n) is 18.1. The maximum atomic E-state index is 12.9. The number of amides is 2. The summed E-state index contributed by atoms with van der Waals surface area (Å²) in [6.07, 6.45) is 3.23.